The normalized spacial score (nSPS) is 13.6. The van der Waals surface area contributed by atoms with Gasteiger partial charge in [0.05, 0.1) is 25.6 Å². The van der Waals surface area contributed by atoms with Crippen LogP contribution in [0.2, 0.25) is 0 Å². The van der Waals surface area contributed by atoms with Crippen LogP contribution in [0.25, 0.3) is 0 Å². The second-order valence-electron chi connectivity index (χ2n) is 5.75. The van der Waals surface area contributed by atoms with Crippen molar-refractivity contribution in [3.05, 3.63) is 42.4 Å². The molecule has 8 heteroatoms. The number of rotatable bonds is 5. The molecule has 0 spiro atoms. The number of carbonyl (C=O) groups excluding carboxylic acids is 3. The number of hydrogen-bond acceptors (Lipinski definition) is 5. The SMILES string of the molecule is COc1cc(NC(=O)C(=O)NCc2ccco2)ccc1N1CCCC1=O. The summed E-state index contributed by atoms with van der Waals surface area (Å²) < 4.78 is 10.4. The smallest absolute Gasteiger partial charge is 0.313 e. The van der Waals surface area contributed by atoms with Gasteiger partial charge in [0.25, 0.3) is 0 Å². The minimum absolute atomic E-state index is 0.0392. The standard InChI is InChI=1S/C18H19N3O5/c1-25-15-10-12(6-7-14(15)21-8-2-5-16(21)22)20-18(24)17(23)19-11-13-4-3-9-26-13/h3-4,6-7,9-10H,2,5,8,11H2,1H3,(H,19,23)(H,20,24). The number of carbonyl (C=O) groups is 3. The van der Waals surface area contributed by atoms with Gasteiger partial charge in [0.15, 0.2) is 0 Å². The van der Waals surface area contributed by atoms with E-state index in [1.54, 1.807) is 35.2 Å². The number of furan rings is 1. The Balaban J connectivity index is 1.64. The lowest BCUT2D eigenvalue weighted by molar-refractivity contribution is -0.136. The van der Waals surface area contributed by atoms with Gasteiger partial charge >= 0.3 is 11.8 Å². The Bertz CT molecular complexity index is 816. The minimum Gasteiger partial charge on any atom is -0.494 e. The van der Waals surface area contributed by atoms with Gasteiger partial charge in [-0.05, 0) is 30.7 Å². The van der Waals surface area contributed by atoms with Crippen LogP contribution in [0, 0.1) is 0 Å². The summed E-state index contributed by atoms with van der Waals surface area (Å²) in [5.74, 6) is -0.540. The number of hydrogen-bond donors (Lipinski definition) is 2. The molecule has 2 heterocycles. The number of ether oxygens (including phenoxy) is 1. The zero-order valence-electron chi connectivity index (χ0n) is 14.3. The molecule has 0 atom stereocenters. The molecule has 8 nitrogen and oxygen atoms in total. The predicted molar refractivity (Wildman–Crippen MR) is 93.8 cm³/mol. The van der Waals surface area contributed by atoms with Crippen LogP contribution in [0.15, 0.2) is 41.0 Å². The highest BCUT2D eigenvalue weighted by Gasteiger charge is 2.25. The fraction of sp³-hybridized carbons (Fsp3) is 0.278. The molecule has 1 aromatic heterocycles. The van der Waals surface area contributed by atoms with Gasteiger partial charge in [0, 0.05) is 24.7 Å². The van der Waals surface area contributed by atoms with Gasteiger partial charge in [-0.3, -0.25) is 14.4 Å². The Hall–Kier alpha value is -3.29. The largest absolute Gasteiger partial charge is 0.494 e. The third-order valence-corrected chi connectivity index (χ3v) is 4.01. The van der Waals surface area contributed by atoms with E-state index in [0.29, 0.717) is 35.9 Å². The van der Waals surface area contributed by atoms with E-state index in [2.05, 4.69) is 10.6 Å². The summed E-state index contributed by atoms with van der Waals surface area (Å²) >= 11 is 0. The Kier molecular flexibility index (Phi) is 5.21. The fourth-order valence-corrected chi connectivity index (χ4v) is 2.73. The molecule has 0 aliphatic carbocycles. The molecule has 1 aromatic carbocycles. The third kappa shape index (κ3) is 3.85. The van der Waals surface area contributed by atoms with Crippen LogP contribution >= 0.6 is 0 Å². The molecule has 136 valence electrons. The summed E-state index contributed by atoms with van der Waals surface area (Å²) in [6, 6.07) is 8.29. The first-order valence-corrected chi connectivity index (χ1v) is 8.18. The number of methoxy groups -OCH3 is 1. The maximum absolute atomic E-state index is 12.0. The van der Waals surface area contributed by atoms with Gasteiger partial charge in [-0.1, -0.05) is 0 Å². The van der Waals surface area contributed by atoms with Crippen molar-refractivity contribution in [3.8, 4) is 5.75 Å². The van der Waals surface area contributed by atoms with Crippen molar-refractivity contribution in [1.82, 2.24) is 5.32 Å². The van der Waals surface area contributed by atoms with Gasteiger partial charge in [-0.15, -0.1) is 0 Å². The first-order chi connectivity index (χ1) is 12.6. The molecule has 3 amide bonds. The first kappa shape index (κ1) is 17.5. The van der Waals surface area contributed by atoms with Crippen LogP contribution in [0.4, 0.5) is 11.4 Å². The van der Waals surface area contributed by atoms with Crippen molar-refractivity contribution < 1.29 is 23.5 Å². The van der Waals surface area contributed by atoms with E-state index >= 15 is 0 Å². The molecule has 2 aromatic rings. The maximum Gasteiger partial charge on any atom is 0.313 e. The summed E-state index contributed by atoms with van der Waals surface area (Å²) in [7, 11) is 1.49. The van der Waals surface area contributed by atoms with E-state index < -0.39 is 11.8 Å². The number of nitrogens with one attached hydrogen (secondary N) is 2. The summed E-state index contributed by atoms with van der Waals surface area (Å²) in [5.41, 5.74) is 1.05. The zero-order valence-corrected chi connectivity index (χ0v) is 14.3. The maximum atomic E-state index is 12.0. The van der Waals surface area contributed by atoms with Gasteiger partial charge in [0.2, 0.25) is 5.91 Å². The number of nitrogens with zero attached hydrogens (tertiary/aromatic N) is 1. The van der Waals surface area contributed by atoms with Gasteiger partial charge in [0.1, 0.15) is 11.5 Å². The summed E-state index contributed by atoms with van der Waals surface area (Å²) in [4.78, 5) is 37.4. The van der Waals surface area contributed by atoms with Crippen molar-refractivity contribution in [2.45, 2.75) is 19.4 Å². The van der Waals surface area contributed by atoms with Crippen molar-refractivity contribution in [1.29, 1.82) is 0 Å². The zero-order chi connectivity index (χ0) is 18.5. The number of anilines is 2. The molecule has 0 bridgehead atoms. The van der Waals surface area contributed by atoms with E-state index in [9.17, 15) is 14.4 Å². The van der Waals surface area contributed by atoms with Gasteiger partial charge < -0.3 is 24.7 Å². The second-order valence-corrected chi connectivity index (χ2v) is 5.75. The van der Waals surface area contributed by atoms with Crippen molar-refractivity contribution in [2.24, 2.45) is 0 Å². The average molecular weight is 357 g/mol. The predicted octanol–water partition coefficient (Wildman–Crippen LogP) is 1.67. The van der Waals surface area contributed by atoms with Gasteiger partial charge in [-0.25, -0.2) is 0 Å². The van der Waals surface area contributed by atoms with Crippen LogP contribution in [0.1, 0.15) is 18.6 Å². The van der Waals surface area contributed by atoms with Gasteiger partial charge in [-0.2, -0.15) is 0 Å². The molecule has 1 aliphatic rings. The highest BCUT2D eigenvalue weighted by Crippen LogP contribution is 2.33. The molecule has 1 aliphatic heterocycles. The molecular weight excluding hydrogens is 338 g/mol. The highest BCUT2D eigenvalue weighted by atomic mass is 16.5. The lowest BCUT2D eigenvalue weighted by Crippen LogP contribution is -2.34. The Morgan fingerprint density at radius 2 is 2.12 bits per heavy atom. The van der Waals surface area contributed by atoms with Crippen molar-refractivity contribution in [3.63, 3.8) is 0 Å². The molecule has 0 radical (unpaired) electrons. The van der Waals surface area contributed by atoms with Crippen LogP contribution in [0.3, 0.4) is 0 Å². The summed E-state index contributed by atoms with van der Waals surface area (Å²) in [6.07, 6.45) is 2.80. The molecule has 2 N–H and O–H groups in total. The molecule has 0 saturated carbocycles. The highest BCUT2D eigenvalue weighted by molar-refractivity contribution is 6.39. The number of amides is 3. The Morgan fingerprint density at radius 3 is 2.77 bits per heavy atom. The summed E-state index contributed by atoms with van der Waals surface area (Å²) in [6.45, 7) is 0.759. The average Bonchev–Trinajstić information content (AvgIpc) is 3.31. The fourth-order valence-electron chi connectivity index (χ4n) is 2.73. The molecule has 0 unspecified atom stereocenters. The number of benzene rings is 1. The molecule has 26 heavy (non-hydrogen) atoms. The lowest BCUT2D eigenvalue weighted by Gasteiger charge is -2.19. The molecule has 3 rings (SSSR count). The summed E-state index contributed by atoms with van der Waals surface area (Å²) in [5, 5.41) is 4.98. The van der Waals surface area contributed by atoms with Crippen LogP contribution in [-0.4, -0.2) is 31.4 Å². The van der Waals surface area contributed by atoms with E-state index in [-0.39, 0.29) is 12.5 Å². The van der Waals surface area contributed by atoms with Crippen LogP contribution in [0.5, 0.6) is 5.75 Å². The quantitative estimate of drug-likeness (QED) is 0.793. The third-order valence-electron chi connectivity index (χ3n) is 4.01. The van der Waals surface area contributed by atoms with E-state index in [1.807, 2.05) is 0 Å². The monoisotopic (exact) mass is 357 g/mol. The second kappa shape index (κ2) is 7.73. The van der Waals surface area contributed by atoms with E-state index in [4.69, 9.17) is 9.15 Å². The van der Waals surface area contributed by atoms with E-state index in [1.165, 1.54) is 13.4 Å². The molecule has 1 fully saturated rings. The van der Waals surface area contributed by atoms with Crippen LogP contribution in [-0.2, 0) is 20.9 Å². The topological polar surface area (TPSA) is 101 Å². The van der Waals surface area contributed by atoms with E-state index in [0.717, 1.165) is 6.42 Å². The minimum atomic E-state index is -0.802. The molecule has 1 saturated heterocycles. The Morgan fingerprint density at radius 1 is 1.27 bits per heavy atom. The van der Waals surface area contributed by atoms with Crippen molar-refractivity contribution in [2.75, 3.05) is 23.9 Å². The van der Waals surface area contributed by atoms with Crippen molar-refractivity contribution >= 4 is 29.1 Å². The lowest BCUT2D eigenvalue weighted by atomic mass is 10.2. The Labute approximate surface area is 150 Å². The molecular formula is C18H19N3O5. The van der Waals surface area contributed by atoms with Crippen LogP contribution < -0.4 is 20.3 Å². The first-order valence-electron chi connectivity index (χ1n) is 8.18.